The Morgan fingerprint density at radius 2 is 2.11 bits per heavy atom. The van der Waals surface area contributed by atoms with Gasteiger partial charge in [0, 0.05) is 23.7 Å². The predicted octanol–water partition coefficient (Wildman–Crippen LogP) is 1.67. The van der Waals surface area contributed by atoms with Crippen molar-refractivity contribution in [1.82, 2.24) is 10.2 Å². The molecule has 3 amide bonds. The summed E-state index contributed by atoms with van der Waals surface area (Å²) in [6, 6.07) is 3.57. The van der Waals surface area contributed by atoms with Crippen LogP contribution >= 0.6 is 0 Å². The minimum atomic E-state index is -1.10. The Morgan fingerprint density at radius 3 is 2.82 bits per heavy atom. The van der Waals surface area contributed by atoms with Crippen LogP contribution < -0.4 is 10.6 Å². The lowest BCUT2D eigenvalue weighted by atomic mass is 9.59. The minimum Gasteiger partial charge on any atom is -0.508 e. The zero-order valence-corrected chi connectivity index (χ0v) is 16.1. The number of nitrogens with one attached hydrogen (secondary N) is 2. The van der Waals surface area contributed by atoms with Gasteiger partial charge in [-0.3, -0.25) is 14.4 Å². The van der Waals surface area contributed by atoms with Gasteiger partial charge in [0.15, 0.2) is 0 Å². The number of hydrogen-bond donors (Lipinski definition) is 3. The van der Waals surface area contributed by atoms with Crippen molar-refractivity contribution in [2.45, 2.75) is 50.6 Å². The van der Waals surface area contributed by atoms with Gasteiger partial charge in [0.05, 0.1) is 5.41 Å². The molecule has 0 bridgehead atoms. The van der Waals surface area contributed by atoms with Gasteiger partial charge in [-0.2, -0.15) is 0 Å². The molecule has 3 heterocycles. The van der Waals surface area contributed by atoms with Gasteiger partial charge in [-0.1, -0.05) is 26.0 Å². The summed E-state index contributed by atoms with van der Waals surface area (Å²) in [5.74, 6) is -0.504. The van der Waals surface area contributed by atoms with Crippen LogP contribution in [0, 0.1) is 5.41 Å². The Hall–Kier alpha value is -2.83. The lowest BCUT2D eigenvalue weighted by molar-refractivity contribution is -0.148. The molecule has 148 valence electrons. The molecular formula is C21H25N3O4. The highest BCUT2D eigenvalue weighted by atomic mass is 16.3. The molecule has 2 fully saturated rings. The van der Waals surface area contributed by atoms with Crippen LogP contribution in [0.4, 0.5) is 5.69 Å². The van der Waals surface area contributed by atoms with Gasteiger partial charge in [-0.25, -0.2) is 0 Å². The zero-order chi connectivity index (χ0) is 20.3. The van der Waals surface area contributed by atoms with Crippen molar-refractivity contribution >= 4 is 23.4 Å². The molecule has 4 rings (SSSR count). The molecule has 0 radical (unpaired) electrons. The number of carbonyl (C=O) groups is 3. The van der Waals surface area contributed by atoms with Crippen LogP contribution in [0.15, 0.2) is 30.9 Å². The van der Waals surface area contributed by atoms with Gasteiger partial charge in [0.2, 0.25) is 17.7 Å². The molecule has 1 aromatic carbocycles. The highest BCUT2D eigenvalue weighted by Gasteiger charge is 2.58. The third-order valence-corrected chi connectivity index (χ3v) is 6.67. The van der Waals surface area contributed by atoms with Crippen LogP contribution in [0.3, 0.4) is 0 Å². The first kappa shape index (κ1) is 18.5. The molecule has 3 aliphatic heterocycles. The van der Waals surface area contributed by atoms with E-state index < -0.39 is 22.9 Å². The molecule has 28 heavy (non-hydrogen) atoms. The fourth-order valence-electron chi connectivity index (χ4n) is 4.92. The maximum atomic E-state index is 13.3. The smallest absolute Gasteiger partial charge is 0.245 e. The van der Waals surface area contributed by atoms with Crippen LogP contribution in [0.1, 0.15) is 38.7 Å². The summed E-state index contributed by atoms with van der Waals surface area (Å²) < 4.78 is 0. The van der Waals surface area contributed by atoms with Crippen molar-refractivity contribution in [3.8, 4) is 5.75 Å². The second-order valence-corrected chi connectivity index (χ2v) is 8.47. The standard InChI is InChI=1S/C21H25N3O4/c1-4-20(2,3)21(13-8-7-12(25)10-14(13)23-19(21)28)11-15-18(27)24-9-5-6-16(24)17(26)22-15/h4,7-8,10,15-16,25H,1,5-6,9,11H2,2-3H3,(H,22,26)(H,23,28)/t15-,16-,21+/m0/s1. The van der Waals surface area contributed by atoms with Gasteiger partial charge in [-0.05, 0) is 30.9 Å². The highest BCUT2D eigenvalue weighted by Crippen LogP contribution is 2.53. The number of phenols is 1. The predicted molar refractivity (Wildman–Crippen MR) is 104 cm³/mol. The van der Waals surface area contributed by atoms with E-state index in [-0.39, 0.29) is 29.9 Å². The molecule has 3 N–H and O–H groups in total. The quantitative estimate of drug-likeness (QED) is 0.689. The molecule has 0 aliphatic carbocycles. The first-order chi connectivity index (χ1) is 13.2. The Bertz CT molecular complexity index is 894. The van der Waals surface area contributed by atoms with Crippen molar-refractivity contribution in [3.63, 3.8) is 0 Å². The normalized spacial score (nSPS) is 29.2. The number of hydrogen-bond acceptors (Lipinski definition) is 4. The van der Waals surface area contributed by atoms with E-state index in [0.717, 1.165) is 6.42 Å². The first-order valence-electron chi connectivity index (χ1n) is 9.61. The maximum Gasteiger partial charge on any atom is 0.245 e. The van der Waals surface area contributed by atoms with Crippen LogP contribution in [0.5, 0.6) is 5.75 Å². The number of aromatic hydroxyl groups is 1. The van der Waals surface area contributed by atoms with Crippen LogP contribution in [0.25, 0.3) is 0 Å². The fraction of sp³-hybridized carbons (Fsp3) is 0.476. The topological polar surface area (TPSA) is 98.7 Å². The SMILES string of the molecule is C=CC(C)(C)[C@@]1(C[C@@H]2NC(=O)[C@@H]3CCCN3C2=O)C(=O)Nc2cc(O)ccc21. The number of benzene rings is 1. The van der Waals surface area contributed by atoms with E-state index in [4.69, 9.17) is 0 Å². The summed E-state index contributed by atoms with van der Waals surface area (Å²) >= 11 is 0. The second-order valence-electron chi connectivity index (χ2n) is 8.47. The van der Waals surface area contributed by atoms with Gasteiger partial charge in [0.25, 0.3) is 0 Å². The average Bonchev–Trinajstić information content (AvgIpc) is 3.23. The van der Waals surface area contributed by atoms with Gasteiger partial charge in [-0.15, -0.1) is 6.58 Å². The number of phenolic OH excluding ortho intramolecular Hbond substituents is 1. The maximum absolute atomic E-state index is 13.3. The van der Waals surface area contributed by atoms with E-state index in [2.05, 4.69) is 17.2 Å². The number of allylic oxidation sites excluding steroid dienone is 1. The molecule has 0 aromatic heterocycles. The first-order valence-corrected chi connectivity index (χ1v) is 9.61. The summed E-state index contributed by atoms with van der Waals surface area (Å²) in [6.45, 7) is 8.28. The molecule has 7 heteroatoms. The van der Waals surface area contributed by atoms with E-state index in [1.807, 2.05) is 13.8 Å². The van der Waals surface area contributed by atoms with E-state index in [0.29, 0.717) is 24.2 Å². The lowest BCUT2D eigenvalue weighted by Crippen LogP contribution is -2.63. The van der Waals surface area contributed by atoms with Crippen LogP contribution in [-0.4, -0.2) is 46.4 Å². The van der Waals surface area contributed by atoms with E-state index in [9.17, 15) is 19.5 Å². The minimum absolute atomic E-state index is 0.0493. The third kappa shape index (κ3) is 2.38. The number of nitrogens with zero attached hydrogens (tertiary/aromatic N) is 1. The molecule has 3 aliphatic rings. The Labute approximate surface area is 163 Å². The third-order valence-electron chi connectivity index (χ3n) is 6.67. The molecule has 1 aromatic rings. The summed E-state index contributed by atoms with van der Waals surface area (Å²) in [5.41, 5.74) is -0.580. The summed E-state index contributed by atoms with van der Waals surface area (Å²) in [7, 11) is 0. The monoisotopic (exact) mass is 383 g/mol. The second kappa shape index (κ2) is 6.09. The highest BCUT2D eigenvalue weighted by molar-refractivity contribution is 6.08. The number of piperazine rings is 1. The fourth-order valence-corrected chi connectivity index (χ4v) is 4.92. The Morgan fingerprint density at radius 1 is 1.36 bits per heavy atom. The summed E-state index contributed by atoms with van der Waals surface area (Å²) in [4.78, 5) is 40.5. The van der Waals surface area contributed by atoms with E-state index >= 15 is 0 Å². The Kier molecular flexibility index (Phi) is 4.03. The van der Waals surface area contributed by atoms with E-state index in [1.54, 1.807) is 17.0 Å². The van der Waals surface area contributed by atoms with E-state index in [1.165, 1.54) is 12.1 Å². The lowest BCUT2D eigenvalue weighted by Gasteiger charge is -2.44. The Balaban J connectivity index is 1.79. The number of anilines is 1. The molecule has 0 spiro atoms. The van der Waals surface area contributed by atoms with Crippen LogP contribution in [-0.2, 0) is 19.8 Å². The number of fused-ring (bicyclic) bond motifs is 2. The number of amides is 3. The van der Waals surface area contributed by atoms with Gasteiger partial charge in [0.1, 0.15) is 17.8 Å². The molecule has 7 nitrogen and oxygen atoms in total. The molecular weight excluding hydrogens is 358 g/mol. The van der Waals surface area contributed by atoms with Gasteiger partial charge >= 0.3 is 0 Å². The van der Waals surface area contributed by atoms with Gasteiger partial charge < -0.3 is 20.6 Å². The number of rotatable bonds is 4. The molecule has 0 saturated carbocycles. The van der Waals surface area contributed by atoms with Crippen molar-refractivity contribution < 1.29 is 19.5 Å². The van der Waals surface area contributed by atoms with Crippen LogP contribution in [0.2, 0.25) is 0 Å². The average molecular weight is 383 g/mol. The summed E-state index contributed by atoms with van der Waals surface area (Å²) in [5, 5.41) is 15.5. The van der Waals surface area contributed by atoms with Crippen molar-refractivity contribution in [2.24, 2.45) is 5.41 Å². The molecule has 2 saturated heterocycles. The van der Waals surface area contributed by atoms with Crippen molar-refractivity contribution in [1.29, 1.82) is 0 Å². The molecule has 0 unspecified atom stereocenters. The number of carbonyl (C=O) groups excluding carboxylic acids is 3. The largest absolute Gasteiger partial charge is 0.508 e. The van der Waals surface area contributed by atoms with Crippen molar-refractivity contribution in [2.75, 3.05) is 11.9 Å². The van der Waals surface area contributed by atoms with Crippen molar-refractivity contribution in [3.05, 3.63) is 36.4 Å². The summed E-state index contributed by atoms with van der Waals surface area (Å²) in [6.07, 6.45) is 3.32. The zero-order valence-electron chi connectivity index (χ0n) is 16.1. The molecule has 3 atom stereocenters.